The van der Waals surface area contributed by atoms with E-state index in [9.17, 15) is 0 Å². The fourth-order valence-corrected chi connectivity index (χ4v) is 1.63. The van der Waals surface area contributed by atoms with E-state index in [0.29, 0.717) is 5.92 Å². The van der Waals surface area contributed by atoms with Gasteiger partial charge >= 0.3 is 0 Å². The number of aromatic nitrogens is 3. The zero-order chi connectivity index (χ0) is 10.3. The van der Waals surface area contributed by atoms with Crippen LogP contribution < -0.4 is 0 Å². The molecule has 14 heavy (non-hydrogen) atoms. The van der Waals surface area contributed by atoms with E-state index in [0.717, 1.165) is 16.9 Å². The maximum Gasteiger partial charge on any atom is 0.158 e. The van der Waals surface area contributed by atoms with Crippen molar-refractivity contribution in [2.45, 2.75) is 33.6 Å². The Kier molecular flexibility index (Phi) is 2.02. The fourth-order valence-electron chi connectivity index (χ4n) is 1.63. The lowest BCUT2D eigenvalue weighted by molar-refractivity contribution is 0.745. The summed E-state index contributed by atoms with van der Waals surface area (Å²) in [4.78, 5) is 4.48. The van der Waals surface area contributed by atoms with Crippen molar-refractivity contribution >= 4 is 5.65 Å². The van der Waals surface area contributed by atoms with Crippen LogP contribution in [-0.4, -0.2) is 14.6 Å². The van der Waals surface area contributed by atoms with Gasteiger partial charge in [0.1, 0.15) is 0 Å². The number of hydrogen-bond donors (Lipinski definition) is 0. The molecule has 0 aliphatic carbocycles. The van der Waals surface area contributed by atoms with Crippen LogP contribution in [0.5, 0.6) is 0 Å². The third kappa shape index (κ3) is 1.29. The lowest BCUT2D eigenvalue weighted by Crippen LogP contribution is -2.03. The van der Waals surface area contributed by atoms with Gasteiger partial charge in [-0.3, -0.25) is 0 Å². The van der Waals surface area contributed by atoms with Crippen molar-refractivity contribution in [2.75, 3.05) is 0 Å². The summed E-state index contributed by atoms with van der Waals surface area (Å²) in [6.07, 6.45) is 1.87. The van der Waals surface area contributed by atoms with Crippen LogP contribution in [0.25, 0.3) is 5.65 Å². The highest BCUT2D eigenvalue weighted by molar-refractivity contribution is 5.47. The van der Waals surface area contributed by atoms with E-state index in [1.54, 1.807) is 0 Å². The van der Waals surface area contributed by atoms with Crippen LogP contribution >= 0.6 is 0 Å². The smallest absolute Gasteiger partial charge is 0.158 e. The van der Waals surface area contributed by atoms with Crippen LogP contribution in [0.4, 0.5) is 0 Å². The Morgan fingerprint density at radius 3 is 2.64 bits per heavy atom. The molecule has 0 saturated carbocycles. The van der Waals surface area contributed by atoms with E-state index >= 15 is 0 Å². The van der Waals surface area contributed by atoms with Crippen molar-refractivity contribution in [1.29, 1.82) is 0 Å². The zero-order valence-electron chi connectivity index (χ0n) is 9.07. The van der Waals surface area contributed by atoms with Crippen molar-refractivity contribution in [2.24, 2.45) is 0 Å². The predicted octanol–water partition coefficient (Wildman–Crippen LogP) is 2.47. The fraction of sp³-hybridized carbons (Fsp3) is 0.455. The molecule has 2 aromatic heterocycles. The molecule has 0 aromatic carbocycles. The average molecular weight is 189 g/mol. The number of nitrogens with zero attached hydrogens (tertiary/aromatic N) is 3. The summed E-state index contributed by atoms with van der Waals surface area (Å²) in [5.74, 6) is 0.471. The first-order chi connectivity index (χ1) is 6.59. The molecule has 0 radical (unpaired) electrons. The molecule has 3 nitrogen and oxygen atoms in total. The molecule has 0 N–H and O–H groups in total. The van der Waals surface area contributed by atoms with Crippen LogP contribution in [0, 0.1) is 13.8 Å². The molecule has 0 fully saturated rings. The summed E-state index contributed by atoms with van der Waals surface area (Å²) in [6.45, 7) is 8.41. The van der Waals surface area contributed by atoms with Crippen LogP contribution in [0.15, 0.2) is 12.3 Å². The molecule has 2 rings (SSSR count). The Hall–Kier alpha value is -1.38. The van der Waals surface area contributed by atoms with Crippen LogP contribution in [-0.2, 0) is 0 Å². The van der Waals surface area contributed by atoms with Crippen LogP contribution in [0.2, 0.25) is 0 Å². The van der Waals surface area contributed by atoms with Crippen LogP contribution in [0.1, 0.15) is 36.7 Å². The molecule has 0 aliphatic rings. The number of aryl methyl sites for hydroxylation is 2. The number of rotatable bonds is 1. The second-order valence-electron chi connectivity index (χ2n) is 4.04. The Morgan fingerprint density at radius 2 is 2.00 bits per heavy atom. The molecule has 2 heterocycles. The largest absolute Gasteiger partial charge is 0.234 e. The third-order valence-electron chi connectivity index (χ3n) is 2.40. The lowest BCUT2D eigenvalue weighted by atomic mass is 10.1. The summed E-state index contributed by atoms with van der Waals surface area (Å²) >= 11 is 0. The van der Waals surface area contributed by atoms with Gasteiger partial charge in [0.25, 0.3) is 0 Å². The van der Waals surface area contributed by atoms with Gasteiger partial charge in [-0.15, -0.1) is 0 Å². The van der Waals surface area contributed by atoms with Gasteiger partial charge in [-0.1, -0.05) is 13.8 Å². The molecule has 0 unspecified atom stereocenters. The summed E-state index contributed by atoms with van der Waals surface area (Å²) in [6, 6.07) is 2.10. The molecule has 0 atom stereocenters. The maximum atomic E-state index is 4.48. The minimum atomic E-state index is 0.471. The van der Waals surface area contributed by atoms with Crippen LogP contribution in [0.3, 0.4) is 0 Å². The van der Waals surface area contributed by atoms with E-state index in [1.807, 2.05) is 24.6 Å². The monoisotopic (exact) mass is 189 g/mol. The summed E-state index contributed by atoms with van der Waals surface area (Å²) in [5, 5.41) is 4.33. The molecule has 0 spiro atoms. The van der Waals surface area contributed by atoms with Gasteiger partial charge in [-0.2, -0.15) is 5.10 Å². The molecule has 0 bridgehead atoms. The molecule has 0 saturated heterocycles. The highest BCUT2D eigenvalue weighted by Crippen LogP contribution is 2.17. The second-order valence-corrected chi connectivity index (χ2v) is 4.04. The quantitative estimate of drug-likeness (QED) is 0.689. The minimum absolute atomic E-state index is 0.471. The van der Waals surface area contributed by atoms with Gasteiger partial charge in [-0.25, -0.2) is 9.50 Å². The van der Waals surface area contributed by atoms with Crippen molar-refractivity contribution in [3.63, 3.8) is 0 Å². The normalized spacial score (nSPS) is 11.5. The summed E-state index contributed by atoms with van der Waals surface area (Å²) in [7, 11) is 0. The molecular weight excluding hydrogens is 174 g/mol. The van der Waals surface area contributed by atoms with Crippen molar-refractivity contribution in [3.05, 3.63) is 29.2 Å². The molecule has 2 aromatic rings. The first kappa shape index (κ1) is 9.19. The number of fused-ring (bicyclic) bond motifs is 1. The van der Waals surface area contributed by atoms with E-state index in [2.05, 4.69) is 30.0 Å². The van der Waals surface area contributed by atoms with E-state index in [1.165, 1.54) is 5.69 Å². The number of hydrogen-bond acceptors (Lipinski definition) is 2. The molecule has 74 valence electrons. The standard InChI is InChI=1S/C11H15N3/c1-7(2)10-5-9(4)13-11-8(3)6-12-14(10)11/h5-7H,1-4H3. The van der Waals surface area contributed by atoms with Gasteiger partial charge in [0.05, 0.1) is 6.20 Å². The Bertz CT molecular complexity index is 469. The third-order valence-corrected chi connectivity index (χ3v) is 2.40. The molecular formula is C11H15N3. The zero-order valence-corrected chi connectivity index (χ0v) is 9.07. The summed E-state index contributed by atoms with van der Waals surface area (Å²) in [5.41, 5.74) is 4.40. The molecule has 3 heteroatoms. The lowest BCUT2D eigenvalue weighted by Gasteiger charge is -2.08. The first-order valence-corrected chi connectivity index (χ1v) is 4.91. The first-order valence-electron chi connectivity index (χ1n) is 4.91. The highest BCUT2D eigenvalue weighted by atomic mass is 15.3. The maximum absolute atomic E-state index is 4.48. The van der Waals surface area contributed by atoms with E-state index in [-0.39, 0.29) is 0 Å². The van der Waals surface area contributed by atoms with Gasteiger partial charge in [0.2, 0.25) is 0 Å². The van der Waals surface area contributed by atoms with Crippen molar-refractivity contribution in [3.8, 4) is 0 Å². The van der Waals surface area contributed by atoms with E-state index in [4.69, 9.17) is 0 Å². The van der Waals surface area contributed by atoms with Crippen molar-refractivity contribution < 1.29 is 0 Å². The minimum Gasteiger partial charge on any atom is -0.234 e. The van der Waals surface area contributed by atoms with E-state index < -0.39 is 0 Å². The summed E-state index contributed by atoms with van der Waals surface area (Å²) < 4.78 is 1.94. The second kappa shape index (κ2) is 3.08. The molecule has 0 aliphatic heterocycles. The topological polar surface area (TPSA) is 30.2 Å². The van der Waals surface area contributed by atoms with Crippen molar-refractivity contribution in [1.82, 2.24) is 14.6 Å². The molecule has 0 amide bonds. The van der Waals surface area contributed by atoms with Gasteiger partial charge < -0.3 is 0 Å². The highest BCUT2D eigenvalue weighted by Gasteiger charge is 2.09. The Labute approximate surface area is 83.8 Å². The van der Waals surface area contributed by atoms with Gasteiger partial charge in [0, 0.05) is 17.0 Å². The SMILES string of the molecule is Cc1cc(C(C)C)n2ncc(C)c2n1. The average Bonchev–Trinajstić information content (AvgIpc) is 2.47. The predicted molar refractivity (Wildman–Crippen MR) is 56.6 cm³/mol. The Balaban J connectivity index is 2.82. The van der Waals surface area contributed by atoms with Gasteiger partial charge in [-0.05, 0) is 25.8 Å². The Morgan fingerprint density at radius 1 is 1.29 bits per heavy atom. The van der Waals surface area contributed by atoms with Gasteiger partial charge in [0.15, 0.2) is 5.65 Å².